The number of hydrogen-bond acceptors (Lipinski definition) is 6. The second-order valence-electron chi connectivity index (χ2n) is 11.0. The van der Waals surface area contributed by atoms with Crippen LogP contribution in [0.4, 0.5) is 5.69 Å². The summed E-state index contributed by atoms with van der Waals surface area (Å²) in [5, 5.41) is 27.5. The Balaban J connectivity index is 1.33. The molecule has 2 unspecified atom stereocenters. The van der Waals surface area contributed by atoms with E-state index in [9.17, 15) is 10.4 Å². The van der Waals surface area contributed by atoms with Crippen LogP contribution < -0.4 is 10.6 Å². The third-order valence-electron chi connectivity index (χ3n) is 8.24. The maximum atomic E-state index is 10.8. The monoisotopic (exact) mass is 577 g/mol. The zero-order chi connectivity index (χ0) is 28.1. The molecule has 3 aromatic carbocycles. The third-order valence-corrected chi connectivity index (χ3v) is 8.68. The lowest BCUT2D eigenvalue weighted by molar-refractivity contribution is 0.0236. The van der Waals surface area contributed by atoms with E-state index in [4.69, 9.17) is 23.2 Å². The molecule has 1 aliphatic heterocycles. The fourth-order valence-corrected chi connectivity index (χ4v) is 6.75. The molecule has 3 N–H and O–H groups in total. The Hall–Kier alpha value is -2.63. The van der Waals surface area contributed by atoms with Gasteiger partial charge in [0.05, 0.1) is 11.6 Å². The fraction of sp³-hybridized carbons (Fsp3) is 0.406. The van der Waals surface area contributed by atoms with Crippen molar-refractivity contribution in [1.82, 2.24) is 15.1 Å². The molecule has 5 rings (SSSR count). The highest BCUT2D eigenvalue weighted by molar-refractivity contribution is 6.35. The Bertz CT molecular complexity index is 1300. The average molecular weight is 579 g/mol. The van der Waals surface area contributed by atoms with Crippen LogP contribution in [-0.4, -0.2) is 59.5 Å². The molecular formula is C32H37Cl2N5O. The summed E-state index contributed by atoms with van der Waals surface area (Å²) < 4.78 is 0. The molecule has 0 amide bonds. The van der Waals surface area contributed by atoms with E-state index in [0.29, 0.717) is 33.9 Å². The van der Waals surface area contributed by atoms with Crippen molar-refractivity contribution in [2.45, 2.75) is 57.1 Å². The quantitative estimate of drug-likeness (QED) is 0.252. The van der Waals surface area contributed by atoms with E-state index in [1.165, 1.54) is 31.2 Å². The molecule has 2 fully saturated rings. The van der Waals surface area contributed by atoms with Gasteiger partial charge in [-0.3, -0.25) is 15.1 Å². The van der Waals surface area contributed by atoms with Crippen LogP contribution in [0.2, 0.25) is 10.0 Å². The van der Waals surface area contributed by atoms with Gasteiger partial charge in [-0.1, -0.05) is 72.4 Å². The lowest BCUT2D eigenvalue weighted by Crippen LogP contribution is -2.56. The number of rotatable bonds is 9. The van der Waals surface area contributed by atoms with Gasteiger partial charge in [0.2, 0.25) is 0 Å². The van der Waals surface area contributed by atoms with Crippen LogP contribution >= 0.6 is 23.2 Å². The van der Waals surface area contributed by atoms with Gasteiger partial charge in [0.15, 0.2) is 6.35 Å². The average Bonchev–Trinajstić information content (AvgIpc) is 3.49. The second kappa shape index (κ2) is 13.4. The number of hydrogen-bond donors (Lipinski definition) is 3. The van der Waals surface area contributed by atoms with Crippen molar-refractivity contribution < 1.29 is 5.11 Å². The molecule has 0 spiro atoms. The van der Waals surface area contributed by atoms with Crippen LogP contribution in [0.15, 0.2) is 66.7 Å². The van der Waals surface area contributed by atoms with Crippen molar-refractivity contribution in [2.75, 3.05) is 31.5 Å². The summed E-state index contributed by atoms with van der Waals surface area (Å²) in [6.07, 6.45) is 4.35. The molecule has 1 heterocycles. The number of piperazine rings is 1. The van der Waals surface area contributed by atoms with E-state index in [1.54, 1.807) is 18.2 Å². The molecule has 1 aliphatic carbocycles. The van der Waals surface area contributed by atoms with Crippen LogP contribution in [0.1, 0.15) is 49.8 Å². The summed E-state index contributed by atoms with van der Waals surface area (Å²) in [7, 11) is 0. The minimum atomic E-state index is -0.972. The van der Waals surface area contributed by atoms with E-state index in [-0.39, 0.29) is 6.04 Å². The topological polar surface area (TPSA) is 74.6 Å². The van der Waals surface area contributed by atoms with Gasteiger partial charge in [0.1, 0.15) is 0 Å². The summed E-state index contributed by atoms with van der Waals surface area (Å²) in [6, 6.07) is 24.8. The summed E-state index contributed by atoms with van der Waals surface area (Å²) in [4.78, 5) is 5.25. The zero-order valence-corrected chi connectivity index (χ0v) is 24.4. The molecule has 2 aliphatic rings. The molecule has 210 valence electrons. The van der Waals surface area contributed by atoms with Crippen molar-refractivity contribution >= 4 is 28.9 Å². The Morgan fingerprint density at radius 1 is 0.975 bits per heavy atom. The number of benzene rings is 3. The molecule has 8 heteroatoms. The highest BCUT2D eigenvalue weighted by Gasteiger charge is 2.34. The van der Waals surface area contributed by atoms with E-state index in [1.807, 2.05) is 24.3 Å². The number of nitriles is 1. The van der Waals surface area contributed by atoms with Gasteiger partial charge in [0.25, 0.3) is 0 Å². The molecular weight excluding hydrogens is 541 g/mol. The first kappa shape index (κ1) is 28.9. The number of anilines is 1. The Morgan fingerprint density at radius 2 is 1.70 bits per heavy atom. The molecule has 40 heavy (non-hydrogen) atoms. The van der Waals surface area contributed by atoms with Gasteiger partial charge in [0, 0.05) is 60.0 Å². The van der Waals surface area contributed by atoms with Crippen LogP contribution in [0.3, 0.4) is 0 Å². The highest BCUT2D eigenvalue weighted by atomic mass is 35.5. The largest absolute Gasteiger partial charge is 0.361 e. The third kappa shape index (κ3) is 7.16. The van der Waals surface area contributed by atoms with Crippen LogP contribution in [0, 0.1) is 11.3 Å². The molecule has 1 saturated heterocycles. The zero-order valence-electron chi connectivity index (χ0n) is 22.9. The van der Waals surface area contributed by atoms with Gasteiger partial charge < -0.3 is 10.4 Å². The minimum Gasteiger partial charge on any atom is -0.361 e. The smallest absolute Gasteiger partial charge is 0.181 e. The number of nitrogens with zero attached hydrogens (tertiary/aromatic N) is 3. The van der Waals surface area contributed by atoms with Crippen molar-refractivity contribution in [3.63, 3.8) is 0 Å². The molecule has 1 saturated carbocycles. The molecule has 3 aromatic rings. The maximum absolute atomic E-state index is 10.8. The predicted molar refractivity (Wildman–Crippen MR) is 163 cm³/mol. The molecule has 0 radical (unpaired) electrons. The number of aliphatic hydroxyl groups excluding tert-OH is 1. The van der Waals surface area contributed by atoms with Gasteiger partial charge in [-0.2, -0.15) is 5.26 Å². The minimum absolute atomic E-state index is 0.0691. The number of halogens is 2. The fourth-order valence-electron chi connectivity index (χ4n) is 6.23. The standard InChI is InChI=1S/C32H37Cl2N5O/c1-22-21-38(30-7-2-3-8-30)13-14-39(22)31(20-36-32(40)37-29-17-27(33)16-28(34)18-29)25-11-9-24(10-12-25)26-6-4-5-23(15-26)19-35/h4-6,9-12,15-18,22,30-32,36-37,40H,2-3,7-8,13-14,20-21H2,1H3/t22-,31?,32?/m1/s1. The molecule has 0 bridgehead atoms. The van der Waals surface area contributed by atoms with Crippen LogP contribution in [-0.2, 0) is 0 Å². The van der Waals surface area contributed by atoms with Gasteiger partial charge in [-0.25, -0.2) is 0 Å². The number of aliphatic hydroxyl groups is 1. The Morgan fingerprint density at radius 3 is 2.38 bits per heavy atom. The second-order valence-corrected chi connectivity index (χ2v) is 11.8. The summed E-state index contributed by atoms with van der Waals surface area (Å²) in [6.45, 7) is 5.97. The van der Waals surface area contributed by atoms with Crippen molar-refractivity contribution in [1.29, 1.82) is 5.26 Å². The molecule has 3 atom stereocenters. The molecule has 6 nitrogen and oxygen atoms in total. The lowest BCUT2D eigenvalue weighted by Gasteiger charge is -2.46. The summed E-state index contributed by atoms with van der Waals surface area (Å²) in [5.41, 5.74) is 4.59. The van der Waals surface area contributed by atoms with Crippen molar-refractivity contribution in [3.8, 4) is 17.2 Å². The van der Waals surface area contributed by atoms with Gasteiger partial charge in [-0.05, 0) is 66.8 Å². The Kier molecular flexibility index (Phi) is 9.64. The van der Waals surface area contributed by atoms with Crippen LogP contribution in [0.5, 0.6) is 0 Å². The summed E-state index contributed by atoms with van der Waals surface area (Å²) >= 11 is 12.3. The van der Waals surface area contributed by atoms with E-state index in [0.717, 1.165) is 36.8 Å². The first-order valence-electron chi connectivity index (χ1n) is 14.1. The molecule has 0 aromatic heterocycles. The van der Waals surface area contributed by atoms with Gasteiger partial charge in [-0.15, -0.1) is 0 Å². The Labute approximate surface area is 247 Å². The number of nitrogens with one attached hydrogen (secondary N) is 2. The highest BCUT2D eigenvalue weighted by Crippen LogP contribution is 2.31. The first-order chi connectivity index (χ1) is 19.4. The predicted octanol–water partition coefficient (Wildman–Crippen LogP) is 6.50. The first-order valence-corrected chi connectivity index (χ1v) is 14.9. The summed E-state index contributed by atoms with van der Waals surface area (Å²) in [5.74, 6) is 0. The lowest BCUT2D eigenvalue weighted by atomic mass is 9.97. The van der Waals surface area contributed by atoms with E-state index >= 15 is 0 Å². The van der Waals surface area contributed by atoms with E-state index in [2.05, 4.69) is 57.7 Å². The maximum Gasteiger partial charge on any atom is 0.181 e. The normalized spacial score (nSPS) is 20.2. The van der Waals surface area contributed by atoms with Crippen molar-refractivity contribution in [2.24, 2.45) is 0 Å². The van der Waals surface area contributed by atoms with Crippen molar-refractivity contribution in [3.05, 3.63) is 87.9 Å². The van der Waals surface area contributed by atoms with Crippen LogP contribution in [0.25, 0.3) is 11.1 Å². The van der Waals surface area contributed by atoms with E-state index < -0.39 is 6.35 Å². The SMILES string of the molecule is C[C@@H]1CN(C2CCCC2)CCN1C(CNC(O)Nc1cc(Cl)cc(Cl)c1)c1ccc(-c2cccc(C#N)c2)cc1. The van der Waals surface area contributed by atoms with Gasteiger partial charge >= 0.3 is 0 Å².